The van der Waals surface area contributed by atoms with Crippen LogP contribution >= 0.6 is 0 Å². The van der Waals surface area contributed by atoms with Gasteiger partial charge in [-0.2, -0.15) is 0 Å². The molecule has 0 aliphatic carbocycles. The van der Waals surface area contributed by atoms with Gasteiger partial charge >= 0.3 is 0 Å². The van der Waals surface area contributed by atoms with Gasteiger partial charge in [0.05, 0.1) is 0 Å². The molecule has 1 spiro atoms. The molecule has 0 bridgehead atoms. The van der Waals surface area contributed by atoms with E-state index in [-0.39, 0.29) is 0 Å². The Morgan fingerprint density at radius 2 is 1.76 bits per heavy atom. The number of piperidine rings is 2. The molecule has 2 fully saturated rings. The summed E-state index contributed by atoms with van der Waals surface area (Å²) in [6.07, 6.45) is 7.81. The van der Waals surface area contributed by atoms with E-state index in [9.17, 15) is 0 Å². The highest BCUT2D eigenvalue weighted by atomic mass is 15.2. The van der Waals surface area contributed by atoms with E-state index in [4.69, 9.17) is 0 Å². The number of aromatic nitrogens is 1. The molecule has 0 unspecified atom stereocenters. The van der Waals surface area contributed by atoms with Crippen LogP contribution in [0, 0.1) is 5.41 Å². The topological polar surface area (TPSA) is 19.4 Å². The highest BCUT2D eigenvalue weighted by Crippen LogP contribution is 2.44. The average Bonchev–Trinajstić information content (AvgIpc) is 2.65. The summed E-state index contributed by atoms with van der Waals surface area (Å²) in [4.78, 5) is 9.32. The number of likely N-dealkylation sites (N-methyl/N-ethyl adjacent to an activating group) is 1. The van der Waals surface area contributed by atoms with Gasteiger partial charge in [-0.15, -0.1) is 0 Å². The molecule has 0 radical (unpaired) electrons. The summed E-state index contributed by atoms with van der Waals surface area (Å²) in [6, 6.07) is 15.4. The van der Waals surface area contributed by atoms with E-state index in [1.54, 1.807) is 0 Å². The summed E-state index contributed by atoms with van der Waals surface area (Å²) in [5.74, 6) is 0.687. The fourth-order valence-electron chi connectivity index (χ4n) is 4.91. The van der Waals surface area contributed by atoms with Crippen molar-refractivity contribution in [3.8, 4) is 0 Å². The van der Waals surface area contributed by atoms with Gasteiger partial charge in [0.2, 0.25) is 0 Å². The second-order valence-corrected chi connectivity index (χ2v) is 8.14. The molecule has 2 aromatic rings. The number of likely N-dealkylation sites (tertiary alicyclic amines) is 2. The summed E-state index contributed by atoms with van der Waals surface area (Å²) in [7, 11) is 2.31. The summed E-state index contributed by atoms with van der Waals surface area (Å²) < 4.78 is 0. The fraction of sp³-hybridized carbons (Fsp3) is 0.500. The summed E-state index contributed by atoms with van der Waals surface area (Å²) in [6.45, 7) is 5.97. The molecule has 0 N–H and O–H groups in total. The van der Waals surface area contributed by atoms with Crippen LogP contribution < -0.4 is 0 Å². The van der Waals surface area contributed by atoms with E-state index in [0.29, 0.717) is 11.3 Å². The van der Waals surface area contributed by atoms with Crippen molar-refractivity contribution in [3.05, 3.63) is 66.0 Å². The van der Waals surface area contributed by atoms with Crippen molar-refractivity contribution < 1.29 is 0 Å². The van der Waals surface area contributed by atoms with Crippen LogP contribution in [-0.2, 0) is 6.54 Å². The molecule has 3 heteroatoms. The highest BCUT2D eigenvalue weighted by molar-refractivity contribution is 5.21. The van der Waals surface area contributed by atoms with Gasteiger partial charge in [-0.05, 0) is 74.0 Å². The zero-order valence-corrected chi connectivity index (χ0v) is 15.3. The van der Waals surface area contributed by atoms with E-state index in [1.165, 1.54) is 56.6 Å². The third kappa shape index (κ3) is 3.94. The summed E-state index contributed by atoms with van der Waals surface area (Å²) >= 11 is 0. The molecular formula is C22H29N3. The first kappa shape index (κ1) is 16.7. The number of pyridine rings is 1. The van der Waals surface area contributed by atoms with Crippen molar-refractivity contribution in [2.24, 2.45) is 5.41 Å². The Balaban J connectivity index is 1.41. The summed E-state index contributed by atoms with van der Waals surface area (Å²) in [5.41, 5.74) is 3.41. The number of nitrogens with zero attached hydrogens (tertiary/aromatic N) is 3. The number of hydrogen-bond acceptors (Lipinski definition) is 3. The second kappa shape index (κ2) is 7.27. The van der Waals surface area contributed by atoms with E-state index in [0.717, 1.165) is 6.54 Å². The smallest absolute Gasteiger partial charge is 0.0271 e. The van der Waals surface area contributed by atoms with Gasteiger partial charge in [-0.1, -0.05) is 30.3 Å². The lowest BCUT2D eigenvalue weighted by Crippen LogP contribution is -2.50. The fourth-order valence-corrected chi connectivity index (χ4v) is 4.91. The maximum absolute atomic E-state index is 4.13. The van der Waals surface area contributed by atoms with Crippen LogP contribution in [0.25, 0.3) is 0 Å². The van der Waals surface area contributed by atoms with Crippen molar-refractivity contribution in [3.63, 3.8) is 0 Å². The first-order valence-electron chi connectivity index (χ1n) is 9.57. The molecule has 0 amide bonds. The van der Waals surface area contributed by atoms with Gasteiger partial charge < -0.3 is 4.90 Å². The van der Waals surface area contributed by atoms with Crippen LogP contribution in [0.2, 0.25) is 0 Å². The monoisotopic (exact) mass is 335 g/mol. The minimum absolute atomic E-state index is 0.502. The number of hydrogen-bond donors (Lipinski definition) is 0. The van der Waals surface area contributed by atoms with E-state index in [1.807, 2.05) is 12.4 Å². The van der Waals surface area contributed by atoms with Crippen LogP contribution in [0.1, 0.15) is 36.3 Å². The zero-order chi connectivity index (χ0) is 17.1. The quantitative estimate of drug-likeness (QED) is 0.851. The standard InChI is InChI=1S/C22H29N3/c1-24-17-21(20-5-3-2-4-6-20)15-22(18-24)9-13-25(14-10-22)16-19-7-11-23-12-8-19/h2-8,11-12,21H,9-10,13-18H2,1H3/t21-/m1/s1. The molecule has 2 aliphatic heterocycles. The van der Waals surface area contributed by atoms with Crippen molar-refractivity contribution in [1.29, 1.82) is 0 Å². The second-order valence-electron chi connectivity index (χ2n) is 8.14. The van der Waals surface area contributed by atoms with E-state index < -0.39 is 0 Å². The Hall–Kier alpha value is -1.71. The first-order chi connectivity index (χ1) is 12.2. The third-order valence-electron chi connectivity index (χ3n) is 6.16. The Morgan fingerprint density at radius 3 is 2.48 bits per heavy atom. The van der Waals surface area contributed by atoms with Crippen LogP contribution in [-0.4, -0.2) is 48.0 Å². The van der Waals surface area contributed by atoms with Crippen molar-refractivity contribution in [1.82, 2.24) is 14.8 Å². The molecule has 3 heterocycles. The Morgan fingerprint density at radius 1 is 1.04 bits per heavy atom. The Labute approximate surface area is 151 Å². The van der Waals surface area contributed by atoms with Crippen molar-refractivity contribution in [2.45, 2.75) is 31.7 Å². The largest absolute Gasteiger partial charge is 0.305 e. The predicted octanol–water partition coefficient (Wildman–Crippen LogP) is 3.78. The minimum atomic E-state index is 0.502. The average molecular weight is 335 g/mol. The van der Waals surface area contributed by atoms with Crippen LogP contribution in [0.4, 0.5) is 0 Å². The lowest BCUT2D eigenvalue weighted by atomic mass is 9.68. The van der Waals surface area contributed by atoms with Gasteiger partial charge in [0.1, 0.15) is 0 Å². The molecule has 4 rings (SSSR count). The molecule has 1 aromatic heterocycles. The molecule has 1 atom stereocenters. The molecular weight excluding hydrogens is 306 g/mol. The number of rotatable bonds is 3. The van der Waals surface area contributed by atoms with Gasteiger partial charge in [-0.3, -0.25) is 9.88 Å². The van der Waals surface area contributed by atoms with Gasteiger partial charge in [0, 0.05) is 32.0 Å². The van der Waals surface area contributed by atoms with Crippen LogP contribution in [0.3, 0.4) is 0 Å². The van der Waals surface area contributed by atoms with Gasteiger partial charge in [0.15, 0.2) is 0 Å². The van der Waals surface area contributed by atoms with E-state index in [2.05, 4.69) is 64.3 Å². The zero-order valence-electron chi connectivity index (χ0n) is 15.3. The van der Waals surface area contributed by atoms with Crippen LogP contribution in [0.5, 0.6) is 0 Å². The maximum Gasteiger partial charge on any atom is 0.0271 e. The summed E-state index contributed by atoms with van der Waals surface area (Å²) in [5, 5.41) is 0. The van der Waals surface area contributed by atoms with E-state index >= 15 is 0 Å². The lowest BCUT2D eigenvalue weighted by Gasteiger charge is -2.49. The molecule has 3 nitrogen and oxygen atoms in total. The number of benzene rings is 1. The Kier molecular flexibility index (Phi) is 4.87. The van der Waals surface area contributed by atoms with Gasteiger partial charge in [0.25, 0.3) is 0 Å². The van der Waals surface area contributed by atoms with Gasteiger partial charge in [-0.25, -0.2) is 0 Å². The molecule has 2 saturated heterocycles. The molecule has 132 valence electrons. The third-order valence-corrected chi connectivity index (χ3v) is 6.16. The normalized spacial score (nSPS) is 24.4. The minimum Gasteiger partial charge on any atom is -0.305 e. The maximum atomic E-state index is 4.13. The van der Waals surface area contributed by atoms with Crippen LogP contribution in [0.15, 0.2) is 54.9 Å². The first-order valence-corrected chi connectivity index (χ1v) is 9.57. The van der Waals surface area contributed by atoms with Crippen molar-refractivity contribution in [2.75, 3.05) is 33.2 Å². The Bertz CT molecular complexity index is 662. The molecule has 2 aliphatic rings. The SMILES string of the molecule is CN1C[C@H](c2ccccc2)CC2(CCN(Cc3ccncc3)CC2)C1. The molecule has 1 aromatic carbocycles. The lowest BCUT2D eigenvalue weighted by molar-refractivity contribution is 0.0218. The molecule has 25 heavy (non-hydrogen) atoms. The highest BCUT2D eigenvalue weighted by Gasteiger charge is 2.41. The predicted molar refractivity (Wildman–Crippen MR) is 102 cm³/mol. The molecule has 0 saturated carbocycles. The van der Waals surface area contributed by atoms with Crippen molar-refractivity contribution >= 4 is 0 Å².